The topological polar surface area (TPSA) is 70.7 Å². The van der Waals surface area contributed by atoms with Gasteiger partial charge in [0.2, 0.25) is 0 Å². The van der Waals surface area contributed by atoms with E-state index in [0.29, 0.717) is 13.1 Å². The number of benzene rings is 1. The van der Waals surface area contributed by atoms with Gasteiger partial charge in [-0.1, -0.05) is 19.4 Å². The smallest absolute Gasteiger partial charge is 0.319 e. The lowest BCUT2D eigenvalue weighted by Gasteiger charge is -2.30. The molecule has 0 atom stereocenters. The molecule has 1 aliphatic rings. The molecule has 0 unspecified atom stereocenters. The summed E-state index contributed by atoms with van der Waals surface area (Å²) in [7, 11) is 1.52. The third kappa shape index (κ3) is 4.45. The number of carbonyl (C=O) groups excluding carboxylic acids is 2. The lowest BCUT2D eigenvalue weighted by atomic mass is 9.99. The van der Waals surface area contributed by atoms with Crippen molar-refractivity contribution in [3.63, 3.8) is 0 Å². The van der Waals surface area contributed by atoms with E-state index in [1.165, 1.54) is 7.11 Å². The second-order valence-corrected chi connectivity index (χ2v) is 5.62. The number of hydrogen-bond donors (Lipinski definition) is 2. The molecule has 6 nitrogen and oxygen atoms in total. The SMILES string of the molecule is CCCCNC(=O)Nc1cccc2c1CCCN2C(=O)COC. The number of urea groups is 1. The van der Waals surface area contributed by atoms with Crippen molar-refractivity contribution in [1.82, 2.24) is 5.32 Å². The van der Waals surface area contributed by atoms with Gasteiger partial charge in [-0.15, -0.1) is 0 Å². The molecule has 0 radical (unpaired) electrons. The molecule has 6 heteroatoms. The van der Waals surface area contributed by atoms with Crippen molar-refractivity contribution >= 4 is 23.3 Å². The maximum atomic E-state index is 12.2. The first-order valence-corrected chi connectivity index (χ1v) is 8.13. The van der Waals surface area contributed by atoms with Gasteiger partial charge in [0.25, 0.3) is 5.91 Å². The number of anilines is 2. The molecule has 0 saturated heterocycles. The number of methoxy groups -OCH3 is 1. The summed E-state index contributed by atoms with van der Waals surface area (Å²) in [6.45, 7) is 3.49. The van der Waals surface area contributed by atoms with E-state index in [2.05, 4.69) is 17.6 Å². The van der Waals surface area contributed by atoms with E-state index in [0.717, 1.165) is 42.6 Å². The van der Waals surface area contributed by atoms with Gasteiger partial charge in [-0.05, 0) is 37.0 Å². The highest BCUT2D eigenvalue weighted by Crippen LogP contribution is 2.32. The minimum absolute atomic E-state index is 0.0574. The predicted molar refractivity (Wildman–Crippen MR) is 90.9 cm³/mol. The summed E-state index contributed by atoms with van der Waals surface area (Å²) in [6, 6.07) is 5.45. The fourth-order valence-corrected chi connectivity index (χ4v) is 2.75. The molecule has 0 fully saturated rings. The number of ether oxygens (including phenoxy) is 1. The zero-order chi connectivity index (χ0) is 16.7. The molecule has 3 amide bonds. The predicted octanol–water partition coefficient (Wildman–Crippen LogP) is 2.53. The fraction of sp³-hybridized carbons (Fsp3) is 0.529. The quantitative estimate of drug-likeness (QED) is 0.792. The van der Waals surface area contributed by atoms with E-state index < -0.39 is 0 Å². The van der Waals surface area contributed by atoms with Crippen LogP contribution in [0.2, 0.25) is 0 Å². The normalized spacial score (nSPS) is 13.4. The van der Waals surface area contributed by atoms with Crippen LogP contribution >= 0.6 is 0 Å². The van der Waals surface area contributed by atoms with Gasteiger partial charge in [-0.25, -0.2) is 4.79 Å². The first-order chi connectivity index (χ1) is 11.2. The van der Waals surface area contributed by atoms with Gasteiger partial charge < -0.3 is 20.3 Å². The van der Waals surface area contributed by atoms with Crippen LogP contribution in [0.5, 0.6) is 0 Å². The number of carbonyl (C=O) groups is 2. The van der Waals surface area contributed by atoms with Crippen molar-refractivity contribution in [2.75, 3.05) is 37.0 Å². The average molecular weight is 319 g/mol. The van der Waals surface area contributed by atoms with E-state index in [4.69, 9.17) is 4.74 Å². The molecule has 1 aromatic carbocycles. The standard InChI is InChI=1S/C17H25N3O3/c1-3-4-10-18-17(22)19-14-8-5-9-15-13(14)7-6-11-20(15)16(21)12-23-2/h5,8-9H,3-4,6-7,10-12H2,1-2H3,(H2,18,19,22). The van der Waals surface area contributed by atoms with Crippen molar-refractivity contribution in [1.29, 1.82) is 0 Å². The first kappa shape index (κ1) is 17.3. The van der Waals surface area contributed by atoms with Gasteiger partial charge in [-0.2, -0.15) is 0 Å². The number of hydrogen-bond acceptors (Lipinski definition) is 3. The number of amides is 3. The lowest BCUT2D eigenvalue weighted by molar-refractivity contribution is -0.122. The molecule has 2 rings (SSSR count). The number of nitrogens with zero attached hydrogens (tertiary/aromatic N) is 1. The Morgan fingerprint density at radius 1 is 1.35 bits per heavy atom. The Labute approximate surface area is 137 Å². The average Bonchev–Trinajstić information content (AvgIpc) is 2.55. The summed E-state index contributed by atoms with van der Waals surface area (Å²) in [5.41, 5.74) is 2.64. The monoisotopic (exact) mass is 319 g/mol. The summed E-state index contributed by atoms with van der Waals surface area (Å²) >= 11 is 0. The third-order valence-corrected chi connectivity index (χ3v) is 3.88. The summed E-state index contributed by atoms with van der Waals surface area (Å²) < 4.78 is 4.95. The van der Waals surface area contributed by atoms with Crippen molar-refractivity contribution in [2.45, 2.75) is 32.6 Å². The highest BCUT2D eigenvalue weighted by molar-refractivity contribution is 5.98. The molecule has 0 bridgehead atoms. The van der Waals surface area contributed by atoms with E-state index in [1.807, 2.05) is 18.2 Å². The third-order valence-electron chi connectivity index (χ3n) is 3.88. The largest absolute Gasteiger partial charge is 0.375 e. The van der Waals surface area contributed by atoms with Crippen LogP contribution in [0.1, 0.15) is 31.7 Å². The molecule has 0 aliphatic carbocycles. The van der Waals surface area contributed by atoms with Crippen LogP contribution in [0.4, 0.5) is 16.2 Å². The molecule has 0 saturated carbocycles. The summed E-state index contributed by atoms with van der Waals surface area (Å²) in [4.78, 5) is 25.9. The fourth-order valence-electron chi connectivity index (χ4n) is 2.75. The van der Waals surface area contributed by atoms with E-state index in [-0.39, 0.29) is 18.5 Å². The van der Waals surface area contributed by atoms with Gasteiger partial charge in [-0.3, -0.25) is 4.79 Å². The molecule has 1 heterocycles. The second kappa shape index (κ2) is 8.53. The summed E-state index contributed by atoms with van der Waals surface area (Å²) in [6.07, 6.45) is 3.72. The highest BCUT2D eigenvalue weighted by Gasteiger charge is 2.24. The van der Waals surface area contributed by atoms with E-state index in [9.17, 15) is 9.59 Å². The van der Waals surface area contributed by atoms with Crippen LogP contribution < -0.4 is 15.5 Å². The van der Waals surface area contributed by atoms with E-state index >= 15 is 0 Å². The van der Waals surface area contributed by atoms with Gasteiger partial charge in [0.15, 0.2) is 0 Å². The Hall–Kier alpha value is -2.08. The zero-order valence-corrected chi connectivity index (χ0v) is 13.9. The molecule has 1 aliphatic heterocycles. The van der Waals surface area contributed by atoms with Gasteiger partial charge in [0.1, 0.15) is 6.61 Å². The van der Waals surface area contributed by atoms with Crippen LogP contribution in [0, 0.1) is 0 Å². The van der Waals surface area contributed by atoms with Crippen LogP contribution in [-0.4, -0.2) is 38.7 Å². The second-order valence-electron chi connectivity index (χ2n) is 5.62. The number of unbranched alkanes of at least 4 members (excludes halogenated alkanes) is 1. The van der Waals surface area contributed by atoms with Crippen molar-refractivity contribution in [3.8, 4) is 0 Å². The molecule has 23 heavy (non-hydrogen) atoms. The Bertz CT molecular complexity index is 560. The molecule has 126 valence electrons. The van der Waals surface area contributed by atoms with Crippen LogP contribution in [0.3, 0.4) is 0 Å². The molecular formula is C17H25N3O3. The van der Waals surface area contributed by atoms with Crippen LogP contribution in [0.25, 0.3) is 0 Å². The Kier molecular flexibility index (Phi) is 6.40. The van der Waals surface area contributed by atoms with Crippen molar-refractivity contribution in [3.05, 3.63) is 23.8 Å². The Morgan fingerprint density at radius 2 is 2.17 bits per heavy atom. The minimum Gasteiger partial charge on any atom is -0.375 e. The van der Waals surface area contributed by atoms with Gasteiger partial charge in [0, 0.05) is 31.6 Å². The van der Waals surface area contributed by atoms with Crippen molar-refractivity contribution in [2.24, 2.45) is 0 Å². The number of fused-ring (bicyclic) bond motifs is 1. The van der Waals surface area contributed by atoms with Crippen molar-refractivity contribution < 1.29 is 14.3 Å². The zero-order valence-electron chi connectivity index (χ0n) is 13.9. The van der Waals surface area contributed by atoms with Gasteiger partial charge in [0.05, 0.1) is 0 Å². The summed E-state index contributed by atoms with van der Waals surface area (Å²) in [5, 5.41) is 5.74. The molecule has 1 aromatic rings. The number of rotatable bonds is 6. The highest BCUT2D eigenvalue weighted by atomic mass is 16.5. The Morgan fingerprint density at radius 3 is 2.91 bits per heavy atom. The lowest BCUT2D eigenvalue weighted by Crippen LogP contribution is -2.38. The molecule has 0 aromatic heterocycles. The van der Waals surface area contributed by atoms with Crippen LogP contribution in [-0.2, 0) is 16.0 Å². The first-order valence-electron chi connectivity index (χ1n) is 8.13. The van der Waals surface area contributed by atoms with Crippen LogP contribution in [0.15, 0.2) is 18.2 Å². The molecule has 0 spiro atoms. The Balaban J connectivity index is 2.13. The molecular weight excluding hydrogens is 294 g/mol. The summed E-state index contributed by atoms with van der Waals surface area (Å²) in [5.74, 6) is -0.0574. The van der Waals surface area contributed by atoms with E-state index in [1.54, 1.807) is 4.90 Å². The maximum absolute atomic E-state index is 12.2. The molecule has 2 N–H and O–H groups in total. The number of nitrogens with one attached hydrogen (secondary N) is 2. The minimum atomic E-state index is -0.202. The van der Waals surface area contributed by atoms with Gasteiger partial charge >= 0.3 is 6.03 Å². The maximum Gasteiger partial charge on any atom is 0.319 e.